The number of nitro groups is 1. The van der Waals surface area contributed by atoms with Crippen molar-refractivity contribution >= 4 is 22.7 Å². The van der Waals surface area contributed by atoms with Gasteiger partial charge in [0.2, 0.25) is 0 Å². The smallest absolute Gasteiger partial charge is 0.273 e. The molecule has 0 saturated carbocycles. The number of non-ortho nitro benzene ring substituents is 1. The van der Waals surface area contributed by atoms with Crippen LogP contribution in [0.1, 0.15) is 13.8 Å². The van der Waals surface area contributed by atoms with Gasteiger partial charge in [-0.3, -0.25) is 10.1 Å². The van der Waals surface area contributed by atoms with Crippen LogP contribution in [0, 0.1) is 10.1 Å². The van der Waals surface area contributed by atoms with Gasteiger partial charge in [0.1, 0.15) is 0 Å². The number of nitrogens with zero attached hydrogens (tertiary/aromatic N) is 2. The highest BCUT2D eigenvalue weighted by atomic mass is 16.6. The largest absolute Gasteiger partial charge is 0.385 e. The molecule has 2 rings (SSSR count). The van der Waals surface area contributed by atoms with Gasteiger partial charge in [0.05, 0.1) is 4.92 Å². The summed E-state index contributed by atoms with van der Waals surface area (Å²) in [6.45, 7) is 5.45. The fraction of sp³-hybridized carbons (Fsp3) is 0.250. The lowest BCUT2D eigenvalue weighted by Crippen LogP contribution is -2.16. The van der Waals surface area contributed by atoms with Crippen molar-refractivity contribution in [1.29, 1.82) is 0 Å². The van der Waals surface area contributed by atoms with E-state index in [1.54, 1.807) is 12.1 Å². The quantitative estimate of drug-likeness (QED) is 0.639. The average molecular weight is 285 g/mol. The minimum absolute atomic E-state index is 0.0952. The second-order valence-corrected chi connectivity index (χ2v) is 4.61. The standard InChI is InChI=1S/C16H19N3O2/c1-3-17-13-10-15(12-16(11-13)19(20)21)18(4-2)14-8-6-5-7-9-14/h5-12,17H,3-4H2,1-2H3. The van der Waals surface area contributed by atoms with Crippen LogP contribution < -0.4 is 10.2 Å². The number of rotatable bonds is 6. The van der Waals surface area contributed by atoms with Crippen molar-refractivity contribution in [3.8, 4) is 0 Å². The minimum Gasteiger partial charge on any atom is -0.385 e. The minimum atomic E-state index is -0.358. The Bertz CT molecular complexity index is 614. The van der Waals surface area contributed by atoms with Crippen molar-refractivity contribution < 1.29 is 4.92 Å². The first kappa shape index (κ1) is 14.8. The second kappa shape index (κ2) is 6.74. The summed E-state index contributed by atoms with van der Waals surface area (Å²) in [5.41, 5.74) is 2.69. The Labute approximate surface area is 124 Å². The SMILES string of the molecule is CCNc1cc(N(CC)c2ccccc2)cc([N+](=O)[O-])c1. The maximum Gasteiger partial charge on any atom is 0.273 e. The maximum absolute atomic E-state index is 11.1. The van der Waals surface area contributed by atoms with Gasteiger partial charge in [-0.1, -0.05) is 18.2 Å². The molecule has 21 heavy (non-hydrogen) atoms. The fourth-order valence-electron chi connectivity index (χ4n) is 2.28. The first-order valence-electron chi connectivity index (χ1n) is 7.01. The van der Waals surface area contributed by atoms with Crippen molar-refractivity contribution in [3.63, 3.8) is 0 Å². The monoisotopic (exact) mass is 285 g/mol. The van der Waals surface area contributed by atoms with Gasteiger partial charge in [0.15, 0.2) is 0 Å². The van der Waals surface area contributed by atoms with E-state index in [1.165, 1.54) is 0 Å². The molecule has 1 N–H and O–H groups in total. The molecule has 0 amide bonds. The highest BCUT2D eigenvalue weighted by Gasteiger charge is 2.14. The Morgan fingerprint density at radius 2 is 1.81 bits per heavy atom. The fourth-order valence-corrected chi connectivity index (χ4v) is 2.28. The third kappa shape index (κ3) is 3.51. The number of para-hydroxylation sites is 1. The average Bonchev–Trinajstić information content (AvgIpc) is 2.49. The van der Waals surface area contributed by atoms with Gasteiger partial charge in [-0.15, -0.1) is 0 Å². The van der Waals surface area contributed by atoms with Gasteiger partial charge >= 0.3 is 0 Å². The number of nitro benzene ring substituents is 1. The van der Waals surface area contributed by atoms with Gasteiger partial charge in [0.25, 0.3) is 5.69 Å². The molecular weight excluding hydrogens is 266 g/mol. The molecule has 5 heteroatoms. The van der Waals surface area contributed by atoms with Crippen LogP contribution in [-0.4, -0.2) is 18.0 Å². The third-order valence-electron chi connectivity index (χ3n) is 3.19. The molecular formula is C16H19N3O2. The van der Waals surface area contributed by atoms with E-state index < -0.39 is 0 Å². The van der Waals surface area contributed by atoms with E-state index in [4.69, 9.17) is 0 Å². The molecule has 0 unspecified atom stereocenters. The van der Waals surface area contributed by atoms with Gasteiger partial charge < -0.3 is 10.2 Å². The molecule has 0 saturated heterocycles. The van der Waals surface area contributed by atoms with E-state index in [0.29, 0.717) is 0 Å². The Balaban J connectivity index is 2.47. The zero-order valence-electron chi connectivity index (χ0n) is 12.2. The van der Waals surface area contributed by atoms with E-state index in [9.17, 15) is 10.1 Å². The lowest BCUT2D eigenvalue weighted by atomic mass is 10.2. The maximum atomic E-state index is 11.1. The molecule has 0 atom stereocenters. The van der Waals surface area contributed by atoms with Crippen LogP contribution in [0.15, 0.2) is 48.5 Å². The molecule has 0 aliphatic heterocycles. The molecule has 0 heterocycles. The first-order chi connectivity index (χ1) is 10.2. The molecule has 2 aromatic rings. The van der Waals surface area contributed by atoms with Crippen molar-refractivity contribution in [2.24, 2.45) is 0 Å². The highest BCUT2D eigenvalue weighted by molar-refractivity contribution is 5.70. The van der Waals surface area contributed by atoms with Gasteiger partial charge in [-0.05, 0) is 32.0 Å². The molecule has 2 aromatic carbocycles. The van der Waals surface area contributed by atoms with Crippen molar-refractivity contribution in [2.45, 2.75) is 13.8 Å². The first-order valence-corrected chi connectivity index (χ1v) is 7.01. The summed E-state index contributed by atoms with van der Waals surface area (Å²) >= 11 is 0. The highest BCUT2D eigenvalue weighted by Crippen LogP contribution is 2.31. The summed E-state index contributed by atoms with van der Waals surface area (Å²) in [4.78, 5) is 12.8. The predicted octanol–water partition coefficient (Wildman–Crippen LogP) is 4.18. The Morgan fingerprint density at radius 1 is 1.10 bits per heavy atom. The molecule has 5 nitrogen and oxygen atoms in total. The molecule has 0 spiro atoms. The molecule has 0 bridgehead atoms. The van der Waals surface area contributed by atoms with Crippen LogP contribution >= 0.6 is 0 Å². The topological polar surface area (TPSA) is 58.4 Å². The van der Waals surface area contributed by atoms with Gasteiger partial charge in [-0.2, -0.15) is 0 Å². The Hall–Kier alpha value is -2.56. The summed E-state index contributed by atoms with van der Waals surface area (Å²) < 4.78 is 0. The zero-order valence-corrected chi connectivity index (χ0v) is 12.2. The van der Waals surface area contributed by atoms with Gasteiger partial charge in [0, 0.05) is 42.3 Å². The lowest BCUT2D eigenvalue weighted by molar-refractivity contribution is -0.384. The van der Waals surface area contributed by atoms with Crippen molar-refractivity contribution in [3.05, 3.63) is 58.6 Å². The van der Waals surface area contributed by atoms with E-state index >= 15 is 0 Å². The van der Waals surface area contributed by atoms with Crippen molar-refractivity contribution in [1.82, 2.24) is 0 Å². The van der Waals surface area contributed by atoms with Crippen molar-refractivity contribution in [2.75, 3.05) is 23.3 Å². The number of nitrogens with one attached hydrogen (secondary N) is 1. The zero-order chi connectivity index (χ0) is 15.2. The summed E-state index contributed by atoms with van der Waals surface area (Å²) in [7, 11) is 0. The van der Waals surface area contributed by atoms with Crippen LogP contribution in [0.2, 0.25) is 0 Å². The summed E-state index contributed by atoms with van der Waals surface area (Å²) in [5, 5.41) is 14.3. The number of hydrogen-bond donors (Lipinski definition) is 1. The van der Waals surface area contributed by atoms with Gasteiger partial charge in [-0.25, -0.2) is 0 Å². The molecule has 0 radical (unpaired) electrons. The van der Waals surface area contributed by atoms with Crippen LogP contribution in [-0.2, 0) is 0 Å². The lowest BCUT2D eigenvalue weighted by Gasteiger charge is -2.23. The molecule has 110 valence electrons. The second-order valence-electron chi connectivity index (χ2n) is 4.61. The molecule has 0 aliphatic rings. The molecule has 0 fully saturated rings. The number of anilines is 3. The Morgan fingerprint density at radius 3 is 2.38 bits per heavy atom. The van der Waals surface area contributed by atoms with Crippen LogP contribution in [0.4, 0.5) is 22.7 Å². The van der Waals surface area contributed by atoms with Crippen LogP contribution in [0.25, 0.3) is 0 Å². The molecule has 0 aliphatic carbocycles. The van der Waals surface area contributed by atoms with Crippen LogP contribution in [0.5, 0.6) is 0 Å². The third-order valence-corrected chi connectivity index (χ3v) is 3.19. The van der Waals surface area contributed by atoms with E-state index in [-0.39, 0.29) is 10.6 Å². The number of benzene rings is 2. The summed E-state index contributed by atoms with van der Waals surface area (Å²) in [6.07, 6.45) is 0. The summed E-state index contributed by atoms with van der Waals surface area (Å²) in [6, 6.07) is 15.0. The van der Waals surface area contributed by atoms with Crippen LogP contribution in [0.3, 0.4) is 0 Å². The molecule has 0 aromatic heterocycles. The van der Waals surface area contributed by atoms with E-state index in [0.717, 1.165) is 30.2 Å². The Kier molecular flexibility index (Phi) is 4.77. The summed E-state index contributed by atoms with van der Waals surface area (Å²) in [5.74, 6) is 0. The van der Waals surface area contributed by atoms with E-state index in [2.05, 4.69) is 5.32 Å². The predicted molar refractivity (Wildman–Crippen MR) is 86.4 cm³/mol. The van der Waals surface area contributed by atoms with E-state index in [1.807, 2.05) is 55.1 Å². The number of hydrogen-bond acceptors (Lipinski definition) is 4. The normalized spacial score (nSPS) is 10.2.